The summed E-state index contributed by atoms with van der Waals surface area (Å²) in [6.07, 6.45) is 2.62. The monoisotopic (exact) mass is 277 g/mol. The van der Waals surface area contributed by atoms with Crippen molar-refractivity contribution in [3.05, 3.63) is 24.3 Å². The molecule has 1 aliphatic heterocycles. The predicted octanol–water partition coefficient (Wildman–Crippen LogP) is 2.51. The van der Waals surface area contributed by atoms with Crippen molar-refractivity contribution in [2.45, 2.75) is 26.2 Å². The molecule has 0 saturated carbocycles. The van der Waals surface area contributed by atoms with Gasteiger partial charge in [0.2, 0.25) is 5.91 Å². The van der Waals surface area contributed by atoms with E-state index in [9.17, 15) is 4.79 Å². The van der Waals surface area contributed by atoms with Crippen LogP contribution in [0.2, 0.25) is 0 Å². The minimum atomic E-state index is 0.198. The first kappa shape index (κ1) is 13.8. The maximum Gasteiger partial charge on any atom is 0.227 e. The molecule has 0 radical (unpaired) electrons. The lowest BCUT2D eigenvalue weighted by Crippen LogP contribution is -2.29. The standard InChI is InChI=1S/C14H19N3OS/c1-2-8-15-14(19)16-11-5-3-6-12(10-11)17-9-4-7-13(17)18/h3,5-6,10H,2,4,7-9H2,1H3,(H2,15,16,19). The Morgan fingerprint density at radius 1 is 1.47 bits per heavy atom. The summed E-state index contributed by atoms with van der Waals surface area (Å²) in [5.74, 6) is 0.198. The maximum absolute atomic E-state index is 11.7. The first-order chi connectivity index (χ1) is 9.20. The number of nitrogens with zero attached hydrogens (tertiary/aromatic N) is 1. The molecule has 1 amide bonds. The van der Waals surface area contributed by atoms with Gasteiger partial charge in [0.1, 0.15) is 0 Å². The molecule has 1 aromatic rings. The third kappa shape index (κ3) is 3.67. The first-order valence-electron chi connectivity index (χ1n) is 6.66. The zero-order chi connectivity index (χ0) is 13.7. The molecule has 1 aliphatic rings. The Kier molecular flexibility index (Phi) is 4.74. The molecule has 0 aromatic heterocycles. The Morgan fingerprint density at radius 2 is 2.32 bits per heavy atom. The van der Waals surface area contributed by atoms with Crippen LogP contribution >= 0.6 is 12.2 Å². The van der Waals surface area contributed by atoms with Crippen LogP contribution in [0.5, 0.6) is 0 Å². The van der Waals surface area contributed by atoms with Crippen molar-refractivity contribution in [1.82, 2.24) is 5.32 Å². The molecule has 1 saturated heterocycles. The third-order valence-corrected chi connectivity index (χ3v) is 3.27. The highest BCUT2D eigenvalue weighted by atomic mass is 32.1. The lowest BCUT2D eigenvalue weighted by molar-refractivity contribution is -0.117. The topological polar surface area (TPSA) is 44.4 Å². The number of thiocarbonyl (C=S) groups is 1. The SMILES string of the molecule is CCCNC(=S)Nc1cccc(N2CCCC2=O)c1. The predicted molar refractivity (Wildman–Crippen MR) is 82.5 cm³/mol. The van der Waals surface area contributed by atoms with Gasteiger partial charge in [-0.05, 0) is 43.3 Å². The van der Waals surface area contributed by atoms with Crippen molar-refractivity contribution in [2.75, 3.05) is 23.3 Å². The lowest BCUT2D eigenvalue weighted by atomic mass is 10.2. The van der Waals surface area contributed by atoms with Crippen molar-refractivity contribution in [3.8, 4) is 0 Å². The summed E-state index contributed by atoms with van der Waals surface area (Å²) in [5.41, 5.74) is 1.84. The summed E-state index contributed by atoms with van der Waals surface area (Å²) in [4.78, 5) is 13.5. The highest BCUT2D eigenvalue weighted by Crippen LogP contribution is 2.24. The number of nitrogens with one attached hydrogen (secondary N) is 2. The Labute approximate surface area is 119 Å². The van der Waals surface area contributed by atoms with E-state index in [1.54, 1.807) is 0 Å². The van der Waals surface area contributed by atoms with Crippen LogP contribution in [-0.4, -0.2) is 24.1 Å². The molecule has 1 aromatic carbocycles. The molecule has 2 N–H and O–H groups in total. The van der Waals surface area contributed by atoms with Gasteiger partial charge in [-0.1, -0.05) is 13.0 Å². The first-order valence-corrected chi connectivity index (χ1v) is 7.07. The number of amides is 1. The molecule has 1 fully saturated rings. The molecule has 1 heterocycles. The fourth-order valence-corrected chi connectivity index (χ4v) is 2.31. The number of hydrogen-bond acceptors (Lipinski definition) is 2. The third-order valence-electron chi connectivity index (χ3n) is 3.02. The molecular weight excluding hydrogens is 258 g/mol. The Balaban J connectivity index is 2.02. The maximum atomic E-state index is 11.7. The Hall–Kier alpha value is -1.62. The quantitative estimate of drug-likeness (QED) is 0.830. The average Bonchev–Trinajstić information content (AvgIpc) is 2.83. The van der Waals surface area contributed by atoms with Gasteiger partial charge in [0.25, 0.3) is 0 Å². The summed E-state index contributed by atoms with van der Waals surface area (Å²) in [6.45, 7) is 3.76. The second-order valence-corrected chi connectivity index (χ2v) is 4.99. The normalized spacial score (nSPS) is 14.6. The van der Waals surface area contributed by atoms with Crippen molar-refractivity contribution in [1.29, 1.82) is 0 Å². The molecule has 2 rings (SSSR count). The molecular formula is C14H19N3OS. The van der Waals surface area contributed by atoms with Gasteiger partial charge in [-0.15, -0.1) is 0 Å². The summed E-state index contributed by atoms with van der Waals surface area (Å²) < 4.78 is 0. The van der Waals surface area contributed by atoms with Crippen molar-refractivity contribution in [3.63, 3.8) is 0 Å². The smallest absolute Gasteiger partial charge is 0.227 e. The molecule has 5 heteroatoms. The minimum Gasteiger partial charge on any atom is -0.362 e. The summed E-state index contributed by atoms with van der Waals surface area (Å²) in [7, 11) is 0. The van der Waals surface area contributed by atoms with E-state index in [1.165, 1.54) is 0 Å². The van der Waals surface area contributed by atoms with Gasteiger partial charge in [0.05, 0.1) is 0 Å². The molecule has 0 unspecified atom stereocenters. The van der Waals surface area contributed by atoms with E-state index in [-0.39, 0.29) is 5.91 Å². The lowest BCUT2D eigenvalue weighted by Gasteiger charge is -2.17. The minimum absolute atomic E-state index is 0.198. The molecule has 0 spiro atoms. The van der Waals surface area contributed by atoms with Crippen LogP contribution in [0.25, 0.3) is 0 Å². The Morgan fingerprint density at radius 3 is 3.00 bits per heavy atom. The number of hydrogen-bond donors (Lipinski definition) is 2. The van der Waals surface area contributed by atoms with Crippen molar-refractivity contribution in [2.24, 2.45) is 0 Å². The van der Waals surface area contributed by atoms with E-state index in [4.69, 9.17) is 12.2 Å². The second-order valence-electron chi connectivity index (χ2n) is 4.58. The summed E-state index contributed by atoms with van der Waals surface area (Å²) in [6, 6.07) is 7.80. The van der Waals surface area contributed by atoms with E-state index in [0.717, 1.165) is 37.3 Å². The molecule has 19 heavy (non-hydrogen) atoms. The van der Waals surface area contributed by atoms with Crippen LogP contribution in [0.4, 0.5) is 11.4 Å². The summed E-state index contributed by atoms with van der Waals surface area (Å²) >= 11 is 5.20. The second kappa shape index (κ2) is 6.52. The van der Waals surface area contributed by atoms with Gasteiger partial charge < -0.3 is 15.5 Å². The van der Waals surface area contributed by atoms with E-state index < -0.39 is 0 Å². The van der Waals surface area contributed by atoms with E-state index in [2.05, 4.69) is 17.6 Å². The molecule has 0 bridgehead atoms. The van der Waals surface area contributed by atoms with Crippen LogP contribution in [0.15, 0.2) is 24.3 Å². The van der Waals surface area contributed by atoms with Crippen LogP contribution in [0, 0.1) is 0 Å². The van der Waals surface area contributed by atoms with Gasteiger partial charge in [0.15, 0.2) is 5.11 Å². The highest BCUT2D eigenvalue weighted by Gasteiger charge is 2.21. The highest BCUT2D eigenvalue weighted by molar-refractivity contribution is 7.80. The van der Waals surface area contributed by atoms with Gasteiger partial charge in [-0.3, -0.25) is 4.79 Å². The number of rotatable bonds is 4. The van der Waals surface area contributed by atoms with Crippen LogP contribution in [0.3, 0.4) is 0 Å². The van der Waals surface area contributed by atoms with Crippen molar-refractivity contribution < 1.29 is 4.79 Å². The summed E-state index contributed by atoms with van der Waals surface area (Å²) in [5, 5.41) is 6.87. The number of benzene rings is 1. The van der Waals surface area contributed by atoms with E-state index in [0.29, 0.717) is 11.5 Å². The van der Waals surface area contributed by atoms with Crippen LogP contribution in [-0.2, 0) is 4.79 Å². The molecule has 102 valence electrons. The number of carbonyl (C=O) groups is 1. The van der Waals surface area contributed by atoms with Crippen LogP contribution in [0.1, 0.15) is 26.2 Å². The zero-order valence-electron chi connectivity index (χ0n) is 11.1. The average molecular weight is 277 g/mol. The molecule has 0 atom stereocenters. The van der Waals surface area contributed by atoms with Gasteiger partial charge in [-0.25, -0.2) is 0 Å². The van der Waals surface area contributed by atoms with Gasteiger partial charge in [-0.2, -0.15) is 0 Å². The zero-order valence-corrected chi connectivity index (χ0v) is 11.9. The molecule has 0 aliphatic carbocycles. The fourth-order valence-electron chi connectivity index (χ4n) is 2.09. The van der Waals surface area contributed by atoms with E-state index in [1.807, 2.05) is 29.2 Å². The molecule has 4 nitrogen and oxygen atoms in total. The number of anilines is 2. The Bertz CT molecular complexity index is 476. The largest absolute Gasteiger partial charge is 0.362 e. The van der Waals surface area contributed by atoms with E-state index >= 15 is 0 Å². The number of carbonyl (C=O) groups excluding carboxylic acids is 1. The van der Waals surface area contributed by atoms with Crippen molar-refractivity contribution >= 4 is 34.6 Å². The van der Waals surface area contributed by atoms with Gasteiger partial charge in [0, 0.05) is 30.9 Å². The van der Waals surface area contributed by atoms with Gasteiger partial charge >= 0.3 is 0 Å². The van der Waals surface area contributed by atoms with Crippen LogP contribution < -0.4 is 15.5 Å². The fraction of sp³-hybridized carbons (Fsp3) is 0.429.